The van der Waals surface area contributed by atoms with E-state index in [1.165, 1.54) is 5.57 Å². The van der Waals surface area contributed by atoms with Crippen LogP contribution >= 0.6 is 0 Å². The predicted molar refractivity (Wildman–Crippen MR) is 58.3 cm³/mol. The molecule has 0 aromatic carbocycles. The van der Waals surface area contributed by atoms with Crippen molar-refractivity contribution in [3.8, 4) is 0 Å². The molecule has 0 heterocycles. The Morgan fingerprint density at radius 3 is 2.47 bits per heavy atom. The molecule has 1 aliphatic carbocycles. The van der Waals surface area contributed by atoms with Gasteiger partial charge in [0, 0.05) is 18.4 Å². The number of allylic oxidation sites excluding steroid dienone is 2. The van der Waals surface area contributed by atoms with Crippen LogP contribution in [0.4, 0.5) is 0 Å². The minimum atomic E-state index is -0.342. The van der Waals surface area contributed by atoms with Crippen LogP contribution < -0.4 is 0 Å². The van der Waals surface area contributed by atoms with Crippen molar-refractivity contribution in [2.75, 3.05) is 13.2 Å². The van der Waals surface area contributed by atoms with E-state index in [1.807, 2.05) is 13.8 Å². The van der Waals surface area contributed by atoms with Gasteiger partial charge in [0.2, 0.25) is 0 Å². The van der Waals surface area contributed by atoms with Crippen LogP contribution in [0.25, 0.3) is 0 Å². The number of carbonyl (C=O) groups is 1. The van der Waals surface area contributed by atoms with Crippen molar-refractivity contribution in [1.29, 1.82) is 0 Å². The number of aliphatic hydroxyl groups excluding tert-OH is 2. The molecule has 1 fully saturated rings. The summed E-state index contributed by atoms with van der Waals surface area (Å²) in [5.41, 5.74) is 1.20. The summed E-state index contributed by atoms with van der Waals surface area (Å²) >= 11 is 0. The van der Waals surface area contributed by atoms with E-state index in [1.54, 1.807) is 0 Å². The maximum Gasteiger partial charge on any atom is 0.142 e. The number of carbonyl (C=O) groups excluding carboxylic acids is 1. The summed E-state index contributed by atoms with van der Waals surface area (Å²) in [6.45, 7) is 3.89. The molecule has 0 aromatic rings. The van der Waals surface area contributed by atoms with Crippen molar-refractivity contribution in [2.45, 2.75) is 26.7 Å². The largest absolute Gasteiger partial charge is 0.396 e. The fourth-order valence-electron chi connectivity index (χ4n) is 2.21. The molecular formula is C12H20O3. The first-order chi connectivity index (χ1) is 7.10. The molecule has 3 nitrogen and oxygen atoms in total. The van der Waals surface area contributed by atoms with Gasteiger partial charge >= 0.3 is 0 Å². The van der Waals surface area contributed by atoms with E-state index in [2.05, 4.69) is 6.08 Å². The molecule has 3 atom stereocenters. The van der Waals surface area contributed by atoms with Gasteiger partial charge in [-0.2, -0.15) is 0 Å². The first-order valence-corrected chi connectivity index (χ1v) is 5.49. The van der Waals surface area contributed by atoms with Crippen LogP contribution in [0.3, 0.4) is 0 Å². The van der Waals surface area contributed by atoms with Crippen LogP contribution in [0.5, 0.6) is 0 Å². The molecule has 3 unspecified atom stereocenters. The molecule has 15 heavy (non-hydrogen) atoms. The van der Waals surface area contributed by atoms with Gasteiger partial charge < -0.3 is 10.2 Å². The van der Waals surface area contributed by atoms with E-state index < -0.39 is 0 Å². The SMILES string of the molecule is CC(C)=CCC1CC(CO)C(CO)C1=O. The smallest absolute Gasteiger partial charge is 0.142 e. The molecule has 2 N–H and O–H groups in total. The first kappa shape index (κ1) is 12.4. The topological polar surface area (TPSA) is 57.5 Å². The van der Waals surface area contributed by atoms with Crippen molar-refractivity contribution >= 4 is 5.78 Å². The van der Waals surface area contributed by atoms with Crippen molar-refractivity contribution in [1.82, 2.24) is 0 Å². The molecule has 0 aromatic heterocycles. The molecule has 1 aliphatic rings. The van der Waals surface area contributed by atoms with Crippen molar-refractivity contribution in [3.05, 3.63) is 11.6 Å². The highest BCUT2D eigenvalue weighted by atomic mass is 16.3. The maximum absolute atomic E-state index is 11.8. The second-order valence-corrected chi connectivity index (χ2v) is 4.58. The fourth-order valence-corrected chi connectivity index (χ4v) is 2.21. The van der Waals surface area contributed by atoms with Gasteiger partial charge in [0.05, 0.1) is 6.61 Å². The molecule has 1 saturated carbocycles. The molecule has 3 heteroatoms. The van der Waals surface area contributed by atoms with Gasteiger partial charge in [-0.3, -0.25) is 4.79 Å². The third-order valence-corrected chi connectivity index (χ3v) is 3.17. The molecule has 1 rings (SSSR count). The average Bonchev–Trinajstić information content (AvgIpc) is 2.51. The molecule has 0 saturated heterocycles. The molecule has 0 bridgehead atoms. The van der Waals surface area contributed by atoms with Crippen LogP contribution in [-0.4, -0.2) is 29.2 Å². The second-order valence-electron chi connectivity index (χ2n) is 4.58. The molecule has 0 radical (unpaired) electrons. The molecule has 0 spiro atoms. The van der Waals surface area contributed by atoms with Crippen LogP contribution in [0.2, 0.25) is 0 Å². The number of hydrogen-bond donors (Lipinski definition) is 2. The Morgan fingerprint density at radius 2 is 2.07 bits per heavy atom. The summed E-state index contributed by atoms with van der Waals surface area (Å²) in [5.74, 6) is -0.271. The second kappa shape index (κ2) is 5.42. The summed E-state index contributed by atoms with van der Waals surface area (Å²) in [6, 6.07) is 0. The lowest BCUT2D eigenvalue weighted by molar-refractivity contribution is -0.125. The number of Topliss-reactive ketones (excluding diaryl/α,β-unsaturated/α-hetero) is 1. The lowest BCUT2D eigenvalue weighted by Crippen LogP contribution is -2.22. The van der Waals surface area contributed by atoms with Crippen LogP contribution in [0.1, 0.15) is 26.7 Å². The molecule has 0 aliphatic heterocycles. The monoisotopic (exact) mass is 212 g/mol. The zero-order chi connectivity index (χ0) is 11.4. The van der Waals surface area contributed by atoms with Crippen molar-refractivity contribution in [2.24, 2.45) is 17.8 Å². The van der Waals surface area contributed by atoms with Gasteiger partial charge in [0.25, 0.3) is 0 Å². The third kappa shape index (κ3) is 2.89. The van der Waals surface area contributed by atoms with Crippen LogP contribution in [0.15, 0.2) is 11.6 Å². The Morgan fingerprint density at radius 1 is 1.40 bits per heavy atom. The van der Waals surface area contributed by atoms with Gasteiger partial charge in [-0.15, -0.1) is 0 Å². The summed E-state index contributed by atoms with van der Waals surface area (Å²) < 4.78 is 0. The number of ketones is 1. The summed E-state index contributed by atoms with van der Waals surface area (Å²) in [7, 11) is 0. The Hall–Kier alpha value is -0.670. The van der Waals surface area contributed by atoms with E-state index in [-0.39, 0.29) is 36.8 Å². The third-order valence-electron chi connectivity index (χ3n) is 3.17. The minimum absolute atomic E-state index is 0.00227. The highest BCUT2D eigenvalue weighted by molar-refractivity contribution is 5.86. The highest BCUT2D eigenvalue weighted by Crippen LogP contribution is 2.35. The lowest BCUT2D eigenvalue weighted by Gasteiger charge is -2.11. The van der Waals surface area contributed by atoms with Crippen molar-refractivity contribution < 1.29 is 15.0 Å². The van der Waals surface area contributed by atoms with Gasteiger partial charge in [0.15, 0.2) is 0 Å². The van der Waals surface area contributed by atoms with Crippen LogP contribution in [0, 0.1) is 17.8 Å². The molecular weight excluding hydrogens is 192 g/mol. The van der Waals surface area contributed by atoms with Gasteiger partial charge in [-0.25, -0.2) is 0 Å². The van der Waals surface area contributed by atoms with Gasteiger partial charge in [-0.05, 0) is 32.6 Å². The maximum atomic E-state index is 11.8. The summed E-state index contributed by atoms with van der Waals surface area (Å²) in [6.07, 6.45) is 3.51. The van der Waals surface area contributed by atoms with Crippen molar-refractivity contribution in [3.63, 3.8) is 0 Å². The van der Waals surface area contributed by atoms with Crippen LogP contribution in [-0.2, 0) is 4.79 Å². The lowest BCUT2D eigenvalue weighted by atomic mass is 9.97. The van der Waals surface area contributed by atoms with E-state index in [9.17, 15) is 4.79 Å². The van der Waals surface area contributed by atoms with E-state index in [4.69, 9.17) is 10.2 Å². The van der Waals surface area contributed by atoms with E-state index >= 15 is 0 Å². The zero-order valence-electron chi connectivity index (χ0n) is 9.44. The predicted octanol–water partition coefficient (Wildman–Crippen LogP) is 1.15. The first-order valence-electron chi connectivity index (χ1n) is 5.49. The summed E-state index contributed by atoms with van der Waals surface area (Å²) in [4.78, 5) is 11.8. The van der Waals surface area contributed by atoms with Gasteiger partial charge in [0.1, 0.15) is 5.78 Å². The Bertz CT molecular complexity index is 254. The quantitative estimate of drug-likeness (QED) is 0.687. The standard InChI is InChI=1S/C12H20O3/c1-8(2)3-4-9-5-10(6-13)11(7-14)12(9)15/h3,9-11,13-14H,4-7H2,1-2H3. The zero-order valence-corrected chi connectivity index (χ0v) is 9.44. The number of hydrogen-bond acceptors (Lipinski definition) is 3. The average molecular weight is 212 g/mol. The fraction of sp³-hybridized carbons (Fsp3) is 0.750. The molecule has 86 valence electrons. The Balaban J connectivity index is 2.62. The Kier molecular flexibility index (Phi) is 4.48. The summed E-state index contributed by atoms with van der Waals surface area (Å²) in [5, 5.41) is 18.2. The Labute approximate surface area is 90.8 Å². The normalized spacial score (nSPS) is 30.7. The highest BCUT2D eigenvalue weighted by Gasteiger charge is 2.40. The molecule has 0 amide bonds. The minimum Gasteiger partial charge on any atom is -0.396 e. The van der Waals surface area contributed by atoms with E-state index in [0.29, 0.717) is 6.42 Å². The number of rotatable bonds is 4. The number of aliphatic hydroxyl groups is 2. The van der Waals surface area contributed by atoms with E-state index in [0.717, 1.165) is 6.42 Å². The van der Waals surface area contributed by atoms with Gasteiger partial charge in [-0.1, -0.05) is 11.6 Å².